The number of rotatable bonds is 9. The molecule has 32 heavy (non-hydrogen) atoms. The highest BCUT2D eigenvalue weighted by molar-refractivity contribution is 6.06. The second-order valence-corrected chi connectivity index (χ2v) is 8.04. The summed E-state index contributed by atoms with van der Waals surface area (Å²) in [6.45, 7) is 3.96. The van der Waals surface area contributed by atoms with Crippen molar-refractivity contribution < 1.29 is 9.53 Å². The van der Waals surface area contributed by atoms with Crippen molar-refractivity contribution in [2.45, 2.75) is 31.8 Å². The van der Waals surface area contributed by atoms with E-state index in [-0.39, 0.29) is 5.91 Å². The number of hydrogen-bond donors (Lipinski definition) is 2. The number of aromatic nitrogens is 2. The number of amides is 1. The third-order valence-electron chi connectivity index (χ3n) is 5.87. The Labute approximate surface area is 189 Å². The van der Waals surface area contributed by atoms with Gasteiger partial charge in [0, 0.05) is 49.4 Å². The number of aryl methyl sites for hydroxylation is 1. The van der Waals surface area contributed by atoms with E-state index in [0.29, 0.717) is 17.4 Å². The SMILES string of the molecule is COc1ccccc1C(=O)Nc1cccc(N2CCC(NCCCn3cccn3)CC2)c1. The number of ether oxygens (including phenoxy) is 1. The van der Waals surface area contributed by atoms with Crippen molar-refractivity contribution in [3.63, 3.8) is 0 Å². The first-order valence-electron chi connectivity index (χ1n) is 11.2. The average Bonchev–Trinajstić information content (AvgIpc) is 3.36. The summed E-state index contributed by atoms with van der Waals surface area (Å²) in [4.78, 5) is 15.1. The molecule has 4 rings (SSSR count). The molecule has 1 aliphatic rings. The highest BCUT2D eigenvalue weighted by Crippen LogP contribution is 2.25. The Morgan fingerprint density at radius 3 is 2.75 bits per heavy atom. The molecule has 7 nitrogen and oxygen atoms in total. The number of carbonyl (C=O) groups excluding carboxylic acids is 1. The van der Waals surface area contributed by atoms with Crippen LogP contribution in [0.1, 0.15) is 29.6 Å². The molecule has 0 bridgehead atoms. The van der Waals surface area contributed by atoms with E-state index in [1.54, 1.807) is 19.2 Å². The zero-order valence-corrected chi connectivity index (χ0v) is 18.5. The van der Waals surface area contributed by atoms with Gasteiger partial charge in [-0.15, -0.1) is 0 Å². The highest BCUT2D eigenvalue weighted by Gasteiger charge is 2.19. The molecular formula is C25H31N5O2. The van der Waals surface area contributed by atoms with Crippen LogP contribution in [0.4, 0.5) is 11.4 Å². The lowest BCUT2D eigenvalue weighted by Crippen LogP contribution is -2.43. The zero-order valence-electron chi connectivity index (χ0n) is 18.5. The van der Waals surface area contributed by atoms with Gasteiger partial charge in [0.05, 0.1) is 12.7 Å². The summed E-state index contributed by atoms with van der Waals surface area (Å²) in [6.07, 6.45) is 7.13. The Hall–Kier alpha value is -3.32. The van der Waals surface area contributed by atoms with Gasteiger partial charge >= 0.3 is 0 Å². The van der Waals surface area contributed by atoms with E-state index in [1.165, 1.54) is 0 Å². The molecule has 2 aromatic carbocycles. The molecular weight excluding hydrogens is 402 g/mol. The van der Waals surface area contributed by atoms with Crippen LogP contribution in [0.2, 0.25) is 0 Å². The number of carbonyl (C=O) groups is 1. The summed E-state index contributed by atoms with van der Waals surface area (Å²) in [7, 11) is 1.57. The topological polar surface area (TPSA) is 71.4 Å². The van der Waals surface area contributed by atoms with Gasteiger partial charge in [0.25, 0.3) is 5.91 Å². The number of nitrogens with one attached hydrogen (secondary N) is 2. The van der Waals surface area contributed by atoms with Crippen molar-refractivity contribution in [3.05, 3.63) is 72.6 Å². The Kier molecular flexibility index (Phi) is 7.40. The number of benzene rings is 2. The average molecular weight is 434 g/mol. The van der Waals surface area contributed by atoms with E-state index in [2.05, 4.69) is 26.7 Å². The molecule has 1 saturated heterocycles. The summed E-state index contributed by atoms with van der Waals surface area (Å²) >= 11 is 0. The van der Waals surface area contributed by atoms with Gasteiger partial charge < -0.3 is 20.3 Å². The lowest BCUT2D eigenvalue weighted by atomic mass is 10.0. The molecule has 1 fully saturated rings. The van der Waals surface area contributed by atoms with Crippen molar-refractivity contribution in [3.8, 4) is 5.75 Å². The smallest absolute Gasteiger partial charge is 0.259 e. The fraction of sp³-hybridized carbons (Fsp3) is 0.360. The van der Waals surface area contributed by atoms with E-state index in [1.807, 2.05) is 53.5 Å². The van der Waals surface area contributed by atoms with E-state index >= 15 is 0 Å². The first kappa shape index (κ1) is 21.9. The number of nitrogens with zero attached hydrogens (tertiary/aromatic N) is 3. The molecule has 1 aliphatic heterocycles. The van der Waals surface area contributed by atoms with E-state index < -0.39 is 0 Å². The summed E-state index contributed by atoms with van der Waals surface area (Å²) in [5.41, 5.74) is 2.46. The summed E-state index contributed by atoms with van der Waals surface area (Å²) < 4.78 is 7.28. The largest absolute Gasteiger partial charge is 0.496 e. The molecule has 0 radical (unpaired) electrons. The maximum Gasteiger partial charge on any atom is 0.259 e. The van der Waals surface area contributed by atoms with Gasteiger partial charge in [-0.05, 0) is 62.2 Å². The first-order chi connectivity index (χ1) is 15.7. The molecule has 1 amide bonds. The van der Waals surface area contributed by atoms with Crippen molar-refractivity contribution in [1.82, 2.24) is 15.1 Å². The van der Waals surface area contributed by atoms with Crippen LogP contribution in [-0.2, 0) is 6.54 Å². The van der Waals surface area contributed by atoms with E-state index in [9.17, 15) is 4.79 Å². The standard InChI is InChI=1S/C25H31N5O2/c1-32-24-10-3-2-9-23(24)25(31)28-21-7-4-8-22(19-21)29-17-11-20(12-18-29)26-13-5-15-30-16-6-14-27-30/h2-4,6-10,14,16,19-20,26H,5,11-13,15,17-18H2,1H3,(H,28,31). The van der Waals surface area contributed by atoms with Crippen molar-refractivity contribution >= 4 is 17.3 Å². The van der Waals surface area contributed by atoms with Crippen LogP contribution in [0.3, 0.4) is 0 Å². The summed E-state index contributed by atoms with van der Waals surface area (Å²) in [5, 5.41) is 10.9. The molecule has 0 unspecified atom stereocenters. The number of methoxy groups -OCH3 is 1. The zero-order chi connectivity index (χ0) is 22.2. The minimum Gasteiger partial charge on any atom is -0.496 e. The minimum atomic E-state index is -0.169. The van der Waals surface area contributed by atoms with Gasteiger partial charge in [-0.1, -0.05) is 18.2 Å². The molecule has 1 aromatic heterocycles. The molecule has 0 spiro atoms. The van der Waals surface area contributed by atoms with Crippen LogP contribution in [0.15, 0.2) is 67.0 Å². The Morgan fingerprint density at radius 2 is 1.97 bits per heavy atom. The number of hydrogen-bond acceptors (Lipinski definition) is 5. The molecule has 0 aliphatic carbocycles. The van der Waals surface area contributed by atoms with Gasteiger partial charge in [0.1, 0.15) is 5.75 Å². The Morgan fingerprint density at radius 1 is 1.12 bits per heavy atom. The number of para-hydroxylation sites is 1. The van der Waals surface area contributed by atoms with E-state index in [4.69, 9.17) is 4.74 Å². The molecule has 7 heteroatoms. The van der Waals surface area contributed by atoms with Gasteiger partial charge in [-0.3, -0.25) is 9.48 Å². The third-order valence-corrected chi connectivity index (χ3v) is 5.87. The van der Waals surface area contributed by atoms with Crippen LogP contribution < -0.4 is 20.3 Å². The molecule has 0 atom stereocenters. The van der Waals surface area contributed by atoms with Crippen molar-refractivity contribution in [1.29, 1.82) is 0 Å². The van der Waals surface area contributed by atoms with Crippen molar-refractivity contribution in [2.75, 3.05) is 37.0 Å². The third kappa shape index (κ3) is 5.68. The Balaban J connectivity index is 1.26. The van der Waals surface area contributed by atoms with Crippen LogP contribution in [0, 0.1) is 0 Å². The lowest BCUT2D eigenvalue weighted by molar-refractivity contribution is 0.102. The predicted molar refractivity (Wildman–Crippen MR) is 127 cm³/mol. The van der Waals surface area contributed by atoms with E-state index in [0.717, 1.165) is 56.8 Å². The second-order valence-electron chi connectivity index (χ2n) is 8.04. The quantitative estimate of drug-likeness (QED) is 0.503. The lowest BCUT2D eigenvalue weighted by Gasteiger charge is -2.34. The normalized spacial score (nSPS) is 14.3. The molecule has 2 N–H and O–H groups in total. The van der Waals surface area contributed by atoms with Crippen molar-refractivity contribution in [2.24, 2.45) is 0 Å². The van der Waals surface area contributed by atoms with Crippen LogP contribution >= 0.6 is 0 Å². The van der Waals surface area contributed by atoms with Gasteiger partial charge in [-0.25, -0.2) is 0 Å². The maximum atomic E-state index is 12.7. The van der Waals surface area contributed by atoms with Crippen LogP contribution in [-0.4, -0.2) is 48.5 Å². The van der Waals surface area contributed by atoms with Crippen LogP contribution in [0.5, 0.6) is 5.75 Å². The Bertz CT molecular complexity index is 997. The summed E-state index contributed by atoms with van der Waals surface area (Å²) in [5.74, 6) is 0.401. The second kappa shape index (κ2) is 10.8. The molecule has 0 saturated carbocycles. The fourth-order valence-corrected chi connectivity index (χ4v) is 4.13. The van der Waals surface area contributed by atoms with Gasteiger partial charge in [0.2, 0.25) is 0 Å². The molecule has 2 heterocycles. The molecule has 168 valence electrons. The van der Waals surface area contributed by atoms with Gasteiger partial charge in [0.15, 0.2) is 0 Å². The number of piperidine rings is 1. The first-order valence-corrected chi connectivity index (χ1v) is 11.2. The number of anilines is 2. The maximum absolute atomic E-state index is 12.7. The fourth-order valence-electron chi connectivity index (χ4n) is 4.13. The molecule has 3 aromatic rings. The minimum absolute atomic E-state index is 0.169. The predicted octanol–water partition coefficient (Wildman–Crippen LogP) is 3.79. The monoisotopic (exact) mass is 433 g/mol. The highest BCUT2D eigenvalue weighted by atomic mass is 16.5. The summed E-state index contributed by atoms with van der Waals surface area (Å²) in [6, 6.07) is 17.8. The van der Waals surface area contributed by atoms with Crippen LogP contribution in [0.25, 0.3) is 0 Å². The van der Waals surface area contributed by atoms with Gasteiger partial charge in [-0.2, -0.15) is 5.10 Å².